The van der Waals surface area contributed by atoms with Crippen LogP contribution in [0.25, 0.3) is 0 Å². The summed E-state index contributed by atoms with van der Waals surface area (Å²) in [5, 5.41) is 0. The number of carbonyl (C=O) groups is 2. The van der Waals surface area contributed by atoms with Gasteiger partial charge in [-0.15, -0.1) is 0 Å². The first-order chi connectivity index (χ1) is 11.5. The maximum atomic E-state index is 12.4. The second-order valence-electron chi connectivity index (χ2n) is 7.06. The summed E-state index contributed by atoms with van der Waals surface area (Å²) in [5.74, 6) is 0. The third kappa shape index (κ3) is 5.02. The molecule has 8 heteroatoms. The van der Waals surface area contributed by atoms with E-state index < -0.39 is 34.0 Å². The lowest BCUT2D eigenvalue weighted by Gasteiger charge is -2.26. The van der Waals surface area contributed by atoms with Crippen molar-refractivity contribution in [3.63, 3.8) is 0 Å². The molecule has 0 radical (unpaired) electrons. The van der Waals surface area contributed by atoms with Gasteiger partial charge in [0.05, 0.1) is 23.6 Å². The number of benzene rings is 1. The van der Waals surface area contributed by atoms with Crippen LogP contribution in [-0.4, -0.2) is 50.0 Å². The molecule has 1 saturated heterocycles. The Morgan fingerprint density at radius 2 is 1.84 bits per heavy atom. The average molecular weight is 369 g/mol. The highest BCUT2D eigenvalue weighted by atomic mass is 32.2. The minimum atomic E-state index is -3.97. The van der Waals surface area contributed by atoms with Crippen LogP contribution in [-0.2, 0) is 23.8 Å². The molecule has 138 valence electrons. The van der Waals surface area contributed by atoms with Gasteiger partial charge in [-0.3, -0.25) is 9.08 Å². The number of carbonyl (C=O) groups excluding carboxylic acids is 2. The fourth-order valence-electron chi connectivity index (χ4n) is 2.49. The van der Waals surface area contributed by atoms with E-state index in [9.17, 15) is 18.0 Å². The minimum Gasteiger partial charge on any atom is -0.444 e. The molecule has 0 aliphatic carbocycles. The third-order valence-electron chi connectivity index (χ3n) is 3.66. The molecule has 1 aromatic rings. The van der Waals surface area contributed by atoms with Crippen molar-refractivity contribution in [3.8, 4) is 0 Å². The molecule has 2 atom stereocenters. The monoisotopic (exact) mass is 369 g/mol. The van der Waals surface area contributed by atoms with E-state index in [1.807, 2.05) is 6.92 Å². The normalized spacial score (nSPS) is 21.2. The standard InChI is InChI=1S/C17H23NO6S/c1-12-5-7-15(8-6-12)25(21,22)24-14-9-13(11-19)18(10-14)16(20)23-17(2,3)4/h5-8,11,13-14H,9-10H2,1-4H3/t13-,14+/m0/s1. The number of hydrogen-bond acceptors (Lipinski definition) is 6. The van der Waals surface area contributed by atoms with E-state index >= 15 is 0 Å². The fraction of sp³-hybridized carbons (Fsp3) is 0.529. The number of nitrogens with zero attached hydrogens (tertiary/aromatic N) is 1. The quantitative estimate of drug-likeness (QED) is 0.597. The first-order valence-electron chi connectivity index (χ1n) is 7.97. The predicted molar refractivity (Wildman–Crippen MR) is 90.6 cm³/mol. The van der Waals surface area contributed by atoms with Crippen molar-refractivity contribution in [3.05, 3.63) is 29.8 Å². The summed E-state index contributed by atoms with van der Waals surface area (Å²) in [6.45, 7) is 6.97. The zero-order chi connectivity index (χ0) is 18.8. The van der Waals surface area contributed by atoms with Crippen molar-refractivity contribution < 1.29 is 26.9 Å². The molecule has 0 spiro atoms. The maximum absolute atomic E-state index is 12.4. The SMILES string of the molecule is Cc1ccc(S(=O)(=O)O[C@@H]2C[C@@H](C=O)N(C(=O)OC(C)(C)C)C2)cc1. The molecule has 1 amide bonds. The zero-order valence-electron chi connectivity index (χ0n) is 14.8. The molecule has 0 unspecified atom stereocenters. The van der Waals surface area contributed by atoms with Gasteiger partial charge in [0.1, 0.15) is 11.9 Å². The highest BCUT2D eigenvalue weighted by Gasteiger charge is 2.40. The van der Waals surface area contributed by atoms with Crippen molar-refractivity contribution in [1.29, 1.82) is 0 Å². The Hall–Kier alpha value is -1.93. The molecule has 0 N–H and O–H groups in total. The molecule has 7 nitrogen and oxygen atoms in total. The Morgan fingerprint density at radius 1 is 1.24 bits per heavy atom. The van der Waals surface area contributed by atoms with E-state index in [1.54, 1.807) is 32.9 Å². The number of aldehydes is 1. The molecule has 0 bridgehead atoms. The molecule has 1 heterocycles. The minimum absolute atomic E-state index is 0.0244. The number of likely N-dealkylation sites (tertiary alicyclic amines) is 1. The van der Waals surface area contributed by atoms with E-state index in [2.05, 4.69) is 0 Å². The van der Waals surface area contributed by atoms with E-state index in [4.69, 9.17) is 8.92 Å². The van der Waals surface area contributed by atoms with Crippen LogP contribution in [0.2, 0.25) is 0 Å². The van der Waals surface area contributed by atoms with Gasteiger partial charge in [0, 0.05) is 6.42 Å². The summed E-state index contributed by atoms with van der Waals surface area (Å²) in [7, 11) is -3.97. The molecule has 0 saturated carbocycles. The van der Waals surface area contributed by atoms with Crippen molar-refractivity contribution in [2.75, 3.05) is 6.54 Å². The van der Waals surface area contributed by atoms with Crippen LogP contribution in [0.3, 0.4) is 0 Å². The number of rotatable bonds is 4. The highest BCUT2D eigenvalue weighted by molar-refractivity contribution is 7.86. The number of ether oxygens (including phenoxy) is 1. The van der Waals surface area contributed by atoms with E-state index in [-0.39, 0.29) is 17.9 Å². The maximum Gasteiger partial charge on any atom is 0.410 e. The van der Waals surface area contributed by atoms with Crippen molar-refractivity contribution in [2.24, 2.45) is 0 Å². The van der Waals surface area contributed by atoms with Gasteiger partial charge in [0.25, 0.3) is 10.1 Å². The molecule has 1 aromatic carbocycles. The van der Waals surface area contributed by atoms with Gasteiger partial charge in [0.2, 0.25) is 0 Å². The van der Waals surface area contributed by atoms with Gasteiger partial charge >= 0.3 is 6.09 Å². The molecule has 25 heavy (non-hydrogen) atoms. The van der Waals surface area contributed by atoms with Crippen molar-refractivity contribution in [2.45, 2.75) is 56.8 Å². The molecule has 0 aromatic heterocycles. The van der Waals surface area contributed by atoms with Gasteiger partial charge < -0.3 is 9.53 Å². The molecule has 1 fully saturated rings. The van der Waals surface area contributed by atoms with E-state index in [0.717, 1.165) is 5.56 Å². The van der Waals surface area contributed by atoms with Crippen molar-refractivity contribution in [1.82, 2.24) is 4.90 Å². The Kier molecular flexibility index (Phi) is 5.53. The Balaban J connectivity index is 2.10. The summed E-state index contributed by atoms with van der Waals surface area (Å²) in [5.41, 5.74) is 0.217. The zero-order valence-corrected chi connectivity index (χ0v) is 15.6. The Labute approximate surface area is 148 Å². The van der Waals surface area contributed by atoms with Crippen molar-refractivity contribution >= 4 is 22.5 Å². The fourth-order valence-corrected chi connectivity index (χ4v) is 3.57. The number of hydrogen-bond donors (Lipinski definition) is 0. The van der Waals surface area contributed by atoms with E-state index in [0.29, 0.717) is 6.29 Å². The lowest BCUT2D eigenvalue weighted by Crippen LogP contribution is -2.40. The second-order valence-corrected chi connectivity index (χ2v) is 8.63. The number of amides is 1. The van der Waals surface area contributed by atoms with Gasteiger partial charge in [-0.05, 0) is 39.8 Å². The van der Waals surface area contributed by atoms with Crippen LogP contribution in [0, 0.1) is 6.92 Å². The molecule has 1 aliphatic rings. The summed E-state index contributed by atoms with van der Waals surface area (Å²) in [6, 6.07) is 5.50. The van der Waals surface area contributed by atoms with Crippen LogP contribution >= 0.6 is 0 Å². The third-order valence-corrected chi connectivity index (χ3v) is 5.04. The molecule has 2 rings (SSSR count). The Morgan fingerprint density at radius 3 is 2.36 bits per heavy atom. The van der Waals surface area contributed by atoms with Crippen LogP contribution < -0.4 is 0 Å². The van der Waals surface area contributed by atoms with Gasteiger partial charge in [-0.25, -0.2) is 4.79 Å². The average Bonchev–Trinajstić information content (AvgIpc) is 2.88. The van der Waals surface area contributed by atoms with Crippen LogP contribution in [0.4, 0.5) is 4.79 Å². The highest BCUT2D eigenvalue weighted by Crippen LogP contribution is 2.25. The lowest BCUT2D eigenvalue weighted by molar-refractivity contribution is -0.111. The van der Waals surface area contributed by atoms with E-state index in [1.165, 1.54) is 17.0 Å². The van der Waals surface area contributed by atoms with Crippen LogP contribution in [0.1, 0.15) is 32.8 Å². The summed E-state index contributed by atoms with van der Waals surface area (Å²) in [4.78, 5) is 24.7. The second kappa shape index (κ2) is 7.13. The number of aryl methyl sites for hydroxylation is 1. The predicted octanol–water partition coefficient (Wildman–Crippen LogP) is 2.28. The molecule has 1 aliphatic heterocycles. The summed E-state index contributed by atoms with van der Waals surface area (Å²) < 4.78 is 35.2. The topological polar surface area (TPSA) is 90.0 Å². The molecular weight excluding hydrogens is 346 g/mol. The van der Waals surface area contributed by atoms with Gasteiger partial charge in [-0.1, -0.05) is 17.7 Å². The van der Waals surface area contributed by atoms with Gasteiger partial charge in [0.15, 0.2) is 0 Å². The van der Waals surface area contributed by atoms with Crippen LogP contribution in [0.15, 0.2) is 29.2 Å². The Bertz CT molecular complexity index is 735. The largest absolute Gasteiger partial charge is 0.444 e. The van der Waals surface area contributed by atoms with Crippen LogP contribution in [0.5, 0.6) is 0 Å². The van der Waals surface area contributed by atoms with Gasteiger partial charge in [-0.2, -0.15) is 8.42 Å². The first kappa shape index (κ1) is 19.4. The summed E-state index contributed by atoms with van der Waals surface area (Å²) in [6.07, 6.45) is -0.753. The molecular formula is C17H23NO6S. The smallest absolute Gasteiger partial charge is 0.410 e. The summed E-state index contributed by atoms with van der Waals surface area (Å²) >= 11 is 0. The first-order valence-corrected chi connectivity index (χ1v) is 9.37. The lowest BCUT2D eigenvalue weighted by atomic mass is 10.2.